The maximum Gasteiger partial charge on any atom is 0.221 e. The van der Waals surface area contributed by atoms with E-state index in [0.29, 0.717) is 12.1 Å². The largest absolute Gasteiger partial charge is 0.326 e. The Hall–Kier alpha value is -1.35. The van der Waals surface area contributed by atoms with Gasteiger partial charge in [-0.25, -0.2) is 0 Å². The van der Waals surface area contributed by atoms with Gasteiger partial charge in [-0.1, -0.05) is 31.9 Å². The summed E-state index contributed by atoms with van der Waals surface area (Å²) in [6.07, 6.45) is 3.69. The molecule has 2 N–H and O–H groups in total. The second-order valence-electron chi connectivity index (χ2n) is 5.24. The van der Waals surface area contributed by atoms with Crippen LogP contribution in [0, 0.1) is 0 Å². The van der Waals surface area contributed by atoms with Crippen LogP contribution in [0.4, 0.5) is 5.69 Å². The van der Waals surface area contributed by atoms with Crippen molar-refractivity contribution in [2.24, 2.45) is 0 Å². The van der Waals surface area contributed by atoms with Crippen molar-refractivity contribution in [1.29, 1.82) is 0 Å². The lowest BCUT2D eigenvalue weighted by atomic mass is 10.1. The van der Waals surface area contributed by atoms with Crippen LogP contribution in [0.2, 0.25) is 0 Å². The summed E-state index contributed by atoms with van der Waals surface area (Å²) in [4.78, 5) is 11.1. The first-order valence-corrected chi connectivity index (χ1v) is 7.16. The van der Waals surface area contributed by atoms with E-state index < -0.39 is 0 Å². The molecule has 0 saturated carbocycles. The van der Waals surface area contributed by atoms with Gasteiger partial charge in [-0.2, -0.15) is 0 Å². The van der Waals surface area contributed by atoms with Crippen molar-refractivity contribution >= 4 is 11.6 Å². The molecular weight excluding hydrogens is 236 g/mol. The number of carbonyl (C=O) groups is 1. The first kappa shape index (κ1) is 15.7. The molecule has 1 aromatic carbocycles. The maximum absolute atomic E-state index is 11.1. The first-order valence-electron chi connectivity index (χ1n) is 7.16. The lowest BCUT2D eigenvalue weighted by Crippen LogP contribution is -2.28. The lowest BCUT2D eigenvalue weighted by Gasteiger charge is -2.20. The molecule has 3 nitrogen and oxygen atoms in total. The fraction of sp³-hybridized carbons (Fsp3) is 0.562. The van der Waals surface area contributed by atoms with Crippen LogP contribution in [-0.2, 0) is 4.79 Å². The topological polar surface area (TPSA) is 41.1 Å². The average Bonchev–Trinajstić information content (AvgIpc) is 2.35. The summed E-state index contributed by atoms with van der Waals surface area (Å²) in [5.41, 5.74) is 2.06. The highest BCUT2D eigenvalue weighted by atomic mass is 16.1. The minimum Gasteiger partial charge on any atom is -0.326 e. The Morgan fingerprint density at radius 2 is 2.05 bits per heavy atom. The lowest BCUT2D eigenvalue weighted by molar-refractivity contribution is -0.114. The fourth-order valence-electron chi connectivity index (χ4n) is 2.21. The van der Waals surface area contributed by atoms with Crippen LogP contribution in [0.1, 0.15) is 58.6 Å². The number of amides is 1. The van der Waals surface area contributed by atoms with Gasteiger partial charge in [-0.15, -0.1) is 0 Å². The molecule has 106 valence electrons. The Labute approximate surface area is 116 Å². The van der Waals surface area contributed by atoms with Crippen LogP contribution < -0.4 is 10.6 Å². The van der Waals surface area contributed by atoms with Crippen LogP contribution in [-0.4, -0.2) is 11.9 Å². The zero-order chi connectivity index (χ0) is 14.3. The van der Waals surface area contributed by atoms with Crippen molar-refractivity contribution in [1.82, 2.24) is 5.32 Å². The Kier molecular flexibility index (Phi) is 6.57. The van der Waals surface area contributed by atoms with Crippen molar-refractivity contribution in [3.8, 4) is 0 Å². The molecule has 19 heavy (non-hydrogen) atoms. The second-order valence-corrected chi connectivity index (χ2v) is 5.24. The van der Waals surface area contributed by atoms with Crippen LogP contribution in [0.15, 0.2) is 24.3 Å². The third kappa shape index (κ3) is 5.88. The molecule has 1 aromatic rings. The predicted octanol–water partition coefficient (Wildman–Crippen LogP) is 3.87. The van der Waals surface area contributed by atoms with Crippen molar-refractivity contribution in [2.45, 2.75) is 59.0 Å². The molecule has 0 fully saturated rings. The molecule has 0 heterocycles. The number of benzene rings is 1. The highest BCUT2D eigenvalue weighted by Crippen LogP contribution is 2.18. The van der Waals surface area contributed by atoms with Crippen LogP contribution >= 0.6 is 0 Å². The van der Waals surface area contributed by atoms with Gasteiger partial charge >= 0.3 is 0 Å². The van der Waals surface area contributed by atoms with Crippen molar-refractivity contribution < 1.29 is 4.79 Å². The monoisotopic (exact) mass is 262 g/mol. The van der Waals surface area contributed by atoms with E-state index >= 15 is 0 Å². The number of nitrogens with one attached hydrogen (secondary N) is 2. The molecule has 3 heteroatoms. The van der Waals surface area contributed by atoms with E-state index in [0.717, 1.165) is 5.69 Å². The van der Waals surface area contributed by atoms with E-state index in [9.17, 15) is 4.79 Å². The van der Waals surface area contributed by atoms with Crippen LogP contribution in [0.3, 0.4) is 0 Å². The first-order chi connectivity index (χ1) is 9.02. The minimum absolute atomic E-state index is 0.0333. The number of unbranched alkanes of at least 4 members (excludes halogenated alkanes) is 1. The van der Waals surface area contributed by atoms with Gasteiger partial charge in [-0.3, -0.25) is 4.79 Å². The molecule has 0 aromatic heterocycles. The van der Waals surface area contributed by atoms with E-state index in [1.54, 1.807) is 0 Å². The van der Waals surface area contributed by atoms with Crippen LogP contribution in [0.25, 0.3) is 0 Å². The molecule has 2 unspecified atom stereocenters. The molecule has 0 spiro atoms. The Bertz CT molecular complexity index is 403. The number of rotatable bonds is 7. The van der Waals surface area contributed by atoms with Crippen molar-refractivity contribution in [3.05, 3.63) is 29.8 Å². The highest BCUT2D eigenvalue weighted by molar-refractivity contribution is 5.88. The Morgan fingerprint density at radius 3 is 2.68 bits per heavy atom. The summed E-state index contributed by atoms with van der Waals surface area (Å²) in [6.45, 7) is 8.13. The third-order valence-corrected chi connectivity index (χ3v) is 3.23. The van der Waals surface area contributed by atoms with E-state index in [1.807, 2.05) is 18.2 Å². The summed E-state index contributed by atoms with van der Waals surface area (Å²) >= 11 is 0. The van der Waals surface area contributed by atoms with Gasteiger partial charge in [0.05, 0.1) is 0 Å². The second kappa shape index (κ2) is 7.95. The molecule has 0 aliphatic heterocycles. The normalized spacial score (nSPS) is 13.9. The number of hydrogen-bond donors (Lipinski definition) is 2. The summed E-state index contributed by atoms with van der Waals surface area (Å²) < 4.78 is 0. The average molecular weight is 262 g/mol. The van der Waals surface area contributed by atoms with Gasteiger partial charge in [0.1, 0.15) is 0 Å². The maximum atomic E-state index is 11.1. The summed E-state index contributed by atoms with van der Waals surface area (Å²) in [7, 11) is 0. The van der Waals surface area contributed by atoms with Gasteiger partial charge in [0.15, 0.2) is 0 Å². The molecule has 0 radical (unpaired) electrons. The van der Waals surface area contributed by atoms with Gasteiger partial charge in [-0.05, 0) is 38.0 Å². The van der Waals surface area contributed by atoms with Gasteiger partial charge in [0.2, 0.25) is 5.91 Å². The molecule has 0 saturated heterocycles. The molecule has 2 atom stereocenters. The highest BCUT2D eigenvalue weighted by Gasteiger charge is 2.09. The Balaban J connectivity index is 2.60. The molecule has 0 aliphatic carbocycles. The Morgan fingerprint density at radius 1 is 1.32 bits per heavy atom. The molecule has 1 amide bonds. The number of anilines is 1. The van der Waals surface area contributed by atoms with Gasteiger partial charge in [0, 0.05) is 24.7 Å². The summed E-state index contributed by atoms with van der Waals surface area (Å²) in [6, 6.07) is 8.83. The zero-order valence-corrected chi connectivity index (χ0v) is 12.5. The minimum atomic E-state index is -0.0333. The zero-order valence-electron chi connectivity index (χ0n) is 12.5. The fourth-order valence-corrected chi connectivity index (χ4v) is 2.21. The van der Waals surface area contributed by atoms with Gasteiger partial charge < -0.3 is 10.6 Å². The summed E-state index contributed by atoms with van der Waals surface area (Å²) in [5.74, 6) is -0.0333. The quantitative estimate of drug-likeness (QED) is 0.783. The molecule has 1 rings (SSSR count). The third-order valence-electron chi connectivity index (χ3n) is 3.23. The van der Waals surface area contributed by atoms with E-state index in [-0.39, 0.29) is 5.91 Å². The molecular formula is C16H26N2O. The van der Waals surface area contributed by atoms with Crippen molar-refractivity contribution in [2.75, 3.05) is 5.32 Å². The van der Waals surface area contributed by atoms with Gasteiger partial charge in [0.25, 0.3) is 0 Å². The SMILES string of the molecule is CCCCC(C)NC(C)c1cccc(NC(C)=O)c1. The van der Waals surface area contributed by atoms with Crippen LogP contribution in [0.5, 0.6) is 0 Å². The number of carbonyl (C=O) groups excluding carboxylic acids is 1. The standard InChI is InChI=1S/C16H26N2O/c1-5-6-8-12(2)17-13(3)15-9-7-10-16(11-15)18-14(4)19/h7,9-13,17H,5-6,8H2,1-4H3,(H,18,19). The van der Waals surface area contributed by atoms with E-state index in [4.69, 9.17) is 0 Å². The molecule has 0 aliphatic rings. The predicted molar refractivity (Wildman–Crippen MR) is 81.3 cm³/mol. The smallest absolute Gasteiger partial charge is 0.221 e. The molecule has 0 bridgehead atoms. The number of hydrogen-bond acceptors (Lipinski definition) is 2. The van der Waals surface area contributed by atoms with E-state index in [1.165, 1.54) is 31.7 Å². The van der Waals surface area contributed by atoms with E-state index in [2.05, 4.69) is 37.5 Å². The summed E-state index contributed by atoms with van der Waals surface area (Å²) in [5, 5.41) is 6.42. The van der Waals surface area contributed by atoms with Crippen molar-refractivity contribution in [3.63, 3.8) is 0 Å².